The minimum Gasteiger partial charge on any atom is -0.338 e. The third-order valence-corrected chi connectivity index (χ3v) is 10.5. The molecule has 208 valence electrons. The van der Waals surface area contributed by atoms with Crippen molar-refractivity contribution in [2.75, 3.05) is 18.8 Å². The fraction of sp³-hybridized carbons (Fsp3) is 0.458. The van der Waals surface area contributed by atoms with Gasteiger partial charge < -0.3 is 4.90 Å². The van der Waals surface area contributed by atoms with Gasteiger partial charge in [-0.3, -0.25) is 4.79 Å². The van der Waals surface area contributed by atoms with Crippen molar-refractivity contribution < 1.29 is 43.6 Å². The summed E-state index contributed by atoms with van der Waals surface area (Å²) in [6.07, 6.45) is -3.37. The average molecular weight is 581 g/mol. The van der Waals surface area contributed by atoms with Crippen LogP contribution in [-0.2, 0) is 26.0 Å². The molecule has 1 aliphatic heterocycles. The van der Waals surface area contributed by atoms with Gasteiger partial charge in [0, 0.05) is 25.2 Å². The topological polar surface area (TPSA) is 91.8 Å². The SMILES string of the molecule is CCS(=O)(=O)c1cc(F)c(F)cc1C(=O)N1CCC(N(C2CC2)S(=O)(=O)c2cccc(C(F)(F)F)c2)CC1. The fourth-order valence-electron chi connectivity index (χ4n) is 4.58. The number of amides is 1. The molecule has 0 radical (unpaired) electrons. The molecule has 2 aromatic rings. The fourth-order valence-corrected chi connectivity index (χ4v) is 7.63. The van der Waals surface area contributed by atoms with Crippen LogP contribution in [0.1, 0.15) is 48.5 Å². The molecule has 0 unspecified atom stereocenters. The molecule has 1 saturated carbocycles. The highest BCUT2D eigenvalue weighted by molar-refractivity contribution is 7.91. The lowest BCUT2D eigenvalue weighted by molar-refractivity contribution is -0.137. The molecule has 1 amide bonds. The normalized spacial score (nSPS) is 17.7. The van der Waals surface area contributed by atoms with Crippen LogP contribution in [-0.4, -0.2) is 62.9 Å². The number of likely N-dealkylation sites (tertiary alicyclic amines) is 1. The zero-order chi connectivity index (χ0) is 28.0. The van der Waals surface area contributed by atoms with E-state index in [0.717, 1.165) is 18.2 Å². The second kappa shape index (κ2) is 10.2. The van der Waals surface area contributed by atoms with Crippen molar-refractivity contribution in [3.8, 4) is 0 Å². The molecule has 14 heteroatoms. The summed E-state index contributed by atoms with van der Waals surface area (Å²) in [5, 5.41) is 0. The summed E-state index contributed by atoms with van der Waals surface area (Å²) in [7, 11) is -8.36. The van der Waals surface area contributed by atoms with E-state index in [2.05, 4.69) is 0 Å². The Hall–Kier alpha value is -2.58. The van der Waals surface area contributed by atoms with Crippen molar-refractivity contribution in [2.24, 2.45) is 0 Å². The first kappa shape index (κ1) is 28.4. The number of nitrogens with zero attached hydrogens (tertiary/aromatic N) is 2. The van der Waals surface area contributed by atoms with Crippen molar-refractivity contribution >= 4 is 25.8 Å². The number of sulfone groups is 1. The lowest BCUT2D eigenvalue weighted by Crippen LogP contribution is -2.49. The van der Waals surface area contributed by atoms with Crippen LogP contribution in [0.2, 0.25) is 0 Å². The molecule has 0 aromatic heterocycles. The number of rotatable bonds is 7. The van der Waals surface area contributed by atoms with Crippen molar-refractivity contribution in [3.05, 3.63) is 59.2 Å². The van der Waals surface area contributed by atoms with E-state index in [4.69, 9.17) is 0 Å². The molecule has 0 N–H and O–H groups in total. The first-order valence-corrected chi connectivity index (χ1v) is 15.0. The van der Waals surface area contributed by atoms with Gasteiger partial charge in [0.05, 0.1) is 26.7 Å². The maximum atomic E-state index is 14.0. The summed E-state index contributed by atoms with van der Waals surface area (Å²) >= 11 is 0. The Bertz CT molecular complexity index is 1450. The molecule has 2 aromatic carbocycles. The van der Waals surface area contributed by atoms with E-state index < -0.39 is 76.3 Å². The Morgan fingerprint density at radius 3 is 2.08 bits per heavy atom. The summed E-state index contributed by atoms with van der Waals surface area (Å²) in [5.74, 6) is -4.07. The van der Waals surface area contributed by atoms with E-state index in [9.17, 15) is 43.6 Å². The second-order valence-electron chi connectivity index (χ2n) is 9.28. The lowest BCUT2D eigenvalue weighted by atomic mass is 10.0. The summed E-state index contributed by atoms with van der Waals surface area (Å²) < 4.78 is 120. The van der Waals surface area contributed by atoms with Gasteiger partial charge in [-0.05, 0) is 56.0 Å². The number of halogens is 5. The zero-order valence-corrected chi connectivity index (χ0v) is 21.8. The minimum absolute atomic E-state index is 0.0184. The van der Waals surface area contributed by atoms with Crippen LogP contribution in [0.4, 0.5) is 22.0 Å². The van der Waals surface area contributed by atoms with Crippen LogP contribution in [0.15, 0.2) is 46.2 Å². The van der Waals surface area contributed by atoms with Gasteiger partial charge >= 0.3 is 6.18 Å². The van der Waals surface area contributed by atoms with Gasteiger partial charge in [-0.2, -0.15) is 17.5 Å². The first-order chi connectivity index (χ1) is 17.7. The van der Waals surface area contributed by atoms with E-state index in [1.807, 2.05) is 0 Å². The Balaban J connectivity index is 1.57. The highest BCUT2D eigenvalue weighted by atomic mass is 32.2. The highest BCUT2D eigenvalue weighted by Gasteiger charge is 2.44. The monoisotopic (exact) mass is 580 g/mol. The minimum atomic E-state index is -4.72. The average Bonchev–Trinajstić information content (AvgIpc) is 3.70. The van der Waals surface area contributed by atoms with Gasteiger partial charge in [-0.1, -0.05) is 13.0 Å². The quantitative estimate of drug-likeness (QED) is 0.361. The lowest BCUT2D eigenvalue weighted by Gasteiger charge is -2.38. The summed E-state index contributed by atoms with van der Waals surface area (Å²) in [6.45, 7) is 1.26. The van der Waals surface area contributed by atoms with Crippen molar-refractivity contribution in [1.29, 1.82) is 0 Å². The van der Waals surface area contributed by atoms with Crippen molar-refractivity contribution in [1.82, 2.24) is 9.21 Å². The number of sulfonamides is 1. The third kappa shape index (κ3) is 5.57. The van der Waals surface area contributed by atoms with Crippen molar-refractivity contribution in [3.63, 3.8) is 0 Å². The number of hydrogen-bond donors (Lipinski definition) is 0. The molecular weight excluding hydrogens is 555 g/mol. The highest BCUT2D eigenvalue weighted by Crippen LogP contribution is 2.38. The van der Waals surface area contributed by atoms with Crippen LogP contribution in [0, 0.1) is 11.6 Å². The Kier molecular flexibility index (Phi) is 7.62. The Morgan fingerprint density at radius 2 is 1.53 bits per heavy atom. The standard InChI is InChI=1S/C24H25F5N2O5S2/c1-2-37(33,34)22-14-21(26)20(25)13-19(22)23(32)30-10-8-17(9-11-30)31(16-6-7-16)38(35,36)18-5-3-4-15(12-18)24(27,28)29/h3-5,12-14,16-17H,2,6-11H2,1H3. The van der Waals surface area contributed by atoms with E-state index in [1.165, 1.54) is 16.1 Å². The van der Waals surface area contributed by atoms with Gasteiger partial charge in [-0.15, -0.1) is 0 Å². The number of carbonyl (C=O) groups is 1. The molecule has 38 heavy (non-hydrogen) atoms. The number of piperidine rings is 1. The molecule has 0 spiro atoms. The molecule has 1 heterocycles. The predicted molar refractivity (Wildman–Crippen MR) is 127 cm³/mol. The van der Waals surface area contributed by atoms with Crippen LogP contribution in [0.5, 0.6) is 0 Å². The Labute approximate surface area is 217 Å². The molecule has 0 atom stereocenters. The summed E-state index contributed by atoms with van der Waals surface area (Å²) in [5.41, 5.74) is -1.60. The second-order valence-corrected chi connectivity index (χ2v) is 13.4. The van der Waals surface area contributed by atoms with E-state index in [-0.39, 0.29) is 32.0 Å². The number of alkyl halides is 3. The zero-order valence-electron chi connectivity index (χ0n) is 20.2. The van der Waals surface area contributed by atoms with E-state index in [1.54, 1.807) is 0 Å². The molecule has 4 rings (SSSR count). The van der Waals surface area contributed by atoms with Gasteiger partial charge in [0.1, 0.15) is 0 Å². The first-order valence-electron chi connectivity index (χ1n) is 11.9. The van der Waals surface area contributed by atoms with E-state index in [0.29, 0.717) is 31.0 Å². The van der Waals surface area contributed by atoms with E-state index >= 15 is 0 Å². The van der Waals surface area contributed by atoms with Crippen LogP contribution in [0.3, 0.4) is 0 Å². The van der Waals surface area contributed by atoms with Gasteiger partial charge in [-0.25, -0.2) is 25.6 Å². The largest absolute Gasteiger partial charge is 0.416 e. The maximum absolute atomic E-state index is 14.0. The number of carbonyl (C=O) groups excluding carboxylic acids is 1. The number of hydrogen-bond acceptors (Lipinski definition) is 5. The molecule has 0 bridgehead atoms. The smallest absolute Gasteiger partial charge is 0.338 e. The summed E-state index contributed by atoms with van der Waals surface area (Å²) in [4.78, 5) is 13.3. The molecule has 2 aliphatic rings. The molecule has 1 saturated heterocycles. The van der Waals surface area contributed by atoms with Crippen LogP contribution in [0.25, 0.3) is 0 Å². The number of benzene rings is 2. The summed E-state index contributed by atoms with van der Waals surface area (Å²) in [6, 6.07) is 3.55. The molecule has 1 aliphatic carbocycles. The van der Waals surface area contributed by atoms with Crippen molar-refractivity contribution in [2.45, 2.75) is 60.7 Å². The predicted octanol–water partition coefficient (Wildman–Crippen LogP) is 4.24. The Morgan fingerprint density at radius 1 is 0.947 bits per heavy atom. The maximum Gasteiger partial charge on any atom is 0.416 e. The van der Waals surface area contributed by atoms with Gasteiger partial charge in [0.2, 0.25) is 10.0 Å². The molecule has 7 nitrogen and oxygen atoms in total. The van der Waals surface area contributed by atoms with Crippen LogP contribution < -0.4 is 0 Å². The molecular formula is C24H25F5N2O5S2. The molecule has 2 fully saturated rings. The third-order valence-electron chi connectivity index (χ3n) is 6.72. The van der Waals surface area contributed by atoms with Crippen LogP contribution >= 0.6 is 0 Å². The van der Waals surface area contributed by atoms with Gasteiger partial charge in [0.25, 0.3) is 5.91 Å². The van der Waals surface area contributed by atoms with Gasteiger partial charge in [0.15, 0.2) is 21.5 Å².